The van der Waals surface area contributed by atoms with Crippen LogP contribution in [-0.4, -0.2) is 24.6 Å². The number of hydrogen-bond acceptors (Lipinski definition) is 4. The molecule has 2 aliphatic rings. The number of anilines is 1. The molecule has 0 radical (unpaired) electrons. The number of para-hydroxylation sites is 2. The van der Waals surface area contributed by atoms with Gasteiger partial charge in [0.15, 0.2) is 5.65 Å². The van der Waals surface area contributed by atoms with Crippen LogP contribution in [0.3, 0.4) is 0 Å². The Morgan fingerprint density at radius 3 is 2.86 bits per heavy atom. The first-order valence-electron chi connectivity index (χ1n) is 9.98. The molecular formula is C21H21BrN6. The fourth-order valence-electron chi connectivity index (χ4n) is 5.13. The highest BCUT2D eigenvalue weighted by molar-refractivity contribution is 9.10. The molecule has 1 fully saturated rings. The predicted molar refractivity (Wildman–Crippen MR) is 113 cm³/mol. The van der Waals surface area contributed by atoms with Gasteiger partial charge in [-0.15, -0.1) is 0 Å². The fourth-order valence-corrected chi connectivity index (χ4v) is 5.48. The van der Waals surface area contributed by atoms with Crippen molar-refractivity contribution in [1.82, 2.24) is 24.6 Å². The van der Waals surface area contributed by atoms with Gasteiger partial charge in [0.1, 0.15) is 11.6 Å². The molecule has 0 bridgehead atoms. The SMILES string of the molecule is Brc1cnn2c(NCc3nc4ccccc4[nH]3)c3c(nc12)C1(CCCC1)CC3. The number of aromatic nitrogens is 5. The molecule has 1 spiro atoms. The van der Waals surface area contributed by atoms with E-state index in [4.69, 9.17) is 9.97 Å². The Labute approximate surface area is 170 Å². The molecule has 2 aliphatic carbocycles. The van der Waals surface area contributed by atoms with Crippen molar-refractivity contribution in [3.05, 3.63) is 52.0 Å². The summed E-state index contributed by atoms with van der Waals surface area (Å²) in [6.07, 6.45) is 9.27. The van der Waals surface area contributed by atoms with Crippen molar-refractivity contribution in [3.63, 3.8) is 0 Å². The van der Waals surface area contributed by atoms with Crippen molar-refractivity contribution >= 4 is 38.4 Å². The van der Waals surface area contributed by atoms with Crippen molar-refractivity contribution in [1.29, 1.82) is 0 Å². The summed E-state index contributed by atoms with van der Waals surface area (Å²) in [4.78, 5) is 13.2. The molecule has 3 aromatic heterocycles. The van der Waals surface area contributed by atoms with E-state index in [2.05, 4.69) is 37.4 Å². The van der Waals surface area contributed by atoms with E-state index in [0.29, 0.717) is 6.54 Å². The lowest BCUT2D eigenvalue weighted by molar-refractivity contribution is 0.429. The van der Waals surface area contributed by atoms with Crippen molar-refractivity contribution < 1.29 is 0 Å². The van der Waals surface area contributed by atoms with Gasteiger partial charge in [-0.1, -0.05) is 25.0 Å². The summed E-state index contributed by atoms with van der Waals surface area (Å²) in [6, 6.07) is 8.13. The third-order valence-electron chi connectivity index (χ3n) is 6.48. The number of H-pyrrole nitrogens is 1. The number of imidazole rings is 1. The molecule has 0 unspecified atom stereocenters. The molecule has 6 nitrogen and oxygen atoms in total. The van der Waals surface area contributed by atoms with Gasteiger partial charge in [0.2, 0.25) is 0 Å². The summed E-state index contributed by atoms with van der Waals surface area (Å²) in [5.74, 6) is 2.00. The van der Waals surface area contributed by atoms with Gasteiger partial charge >= 0.3 is 0 Å². The van der Waals surface area contributed by atoms with Crippen molar-refractivity contribution in [2.24, 2.45) is 0 Å². The molecule has 0 aliphatic heterocycles. The molecule has 0 saturated heterocycles. The van der Waals surface area contributed by atoms with E-state index in [0.717, 1.165) is 39.2 Å². The van der Waals surface area contributed by atoms with Crippen LogP contribution in [0.1, 0.15) is 49.2 Å². The minimum atomic E-state index is 0.274. The summed E-state index contributed by atoms with van der Waals surface area (Å²) in [6.45, 7) is 0.630. The number of hydrogen-bond donors (Lipinski definition) is 2. The molecule has 1 saturated carbocycles. The zero-order valence-corrected chi connectivity index (χ0v) is 17.1. The van der Waals surface area contributed by atoms with Gasteiger partial charge in [-0.3, -0.25) is 0 Å². The van der Waals surface area contributed by atoms with Gasteiger partial charge in [0, 0.05) is 11.0 Å². The smallest absolute Gasteiger partial charge is 0.171 e. The number of fused-ring (bicyclic) bond motifs is 4. The second kappa shape index (κ2) is 6.04. The second-order valence-corrected chi connectivity index (χ2v) is 8.91. The third kappa shape index (κ3) is 2.35. The monoisotopic (exact) mass is 436 g/mol. The Hall–Kier alpha value is -2.41. The van der Waals surface area contributed by atoms with E-state index in [9.17, 15) is 0 Å². The topological polar surface area (TPSA) is 70.9 Å². The lowest BCUT2D eigenvalue weighted by Gasteiger charge is -2.23. The first-order chi connectivity index (χ1) is 13.7. The Balaban J connectivity index is 1.43. The lowest BCUT2D eigenvalue weighted by Crippen LogP contribution is -2.20. The number of nitrogens with one attached hydrogen (secondary N) is 2. The number of nitrogens with zero attached hydrogens (tertiary/aromatic N) is 4. The Morgan fingerprint density at radius 2 is 2.00 bits per heavy atom. The largest absolute Gasteiger partial charge is 0.362 e. The van der Waals surface area contributed by atoms with E-state index in [1.807, 2.05) is 28.9 Å². The summed E-state index contributed by atoms with van der Waals surface area (Å²) in [5.41, 5.74) is 5.87. The zero-order chi connectivity index (χ0) is 18.7. The quantitative estimate of drug-likeness (QED) is 0.486. The minimum absolute atomic E-state index is 0.274. The number of aromatic amines is 1. The van der Waals surface area contributed by atoms with Crippen LogP contribution in [0.2, 0.25) is 0 Å². The first-order valence-corrected chi connectivity index (χ1v) is 10.8. The normalized spacial score (nSPS) is 17.8. The second-order valence-electron chi connectivity index (χ2n) is 8.06. The Morgan fingerprint density at radius 1 is 1.14 bits per heavy atom. The maximum absolute atomic E-state index is 5.09. The minimum Gasteiger partial charge on any atom is -0.362 e. The molecular weight excluding hydrogens is 416 g/mol. The molecule has 2 N–H and O–H groups in total. The van der Waals surface area contributed by atoms with E-state index in [-0.39, 0.29) is 5.41 Å². The predicted octanol–water partition coefficient (Wildman–Crippen LogP) is 4.74. The van der Waals surface area contributed by atoms with Crippen molar-refractivity contribution in [2.75, 3.05) is 5.32 Å². The molecule has 6 rings (SSSR count). The third-order valence-corrected chi connectivity index (χ3v) is 7.04. The number of rotatable bonds is 3. The van der Waals surface area contributed by atoms with Crippen LogP contribution in [0.4, 0.5) is 5.82 Å². The molecule has 0 atom stereocenters. The standard InChI is InChI=1S/C21H21BrN6/c22-14-11-24-28-19(23-12-17-25-15-5-1-2-6-16(15)26-17)13-7-10-21(8-3-4-9-21)18(13)27-20(14)28/h1-2,5-6,11,23H,3-4,7-10,12H2,(H,25,26). The van der Waals surface area contributed by atoms with E-state index in [1.54, 1.807) is 0 Å². The maximum Gasteiger partial charge on any atom is 0.171 e. The van der Waals surface area contributed by atoms with Gasteiger partial charge in [-0.05, 0) is 53.7 Å². The number of halogens is 1. The number of benzene rings is 1. The average molecular weight is 437 g/mol. The molecule has 7 heteroatoms. The highest BCUT2D eigenvalue weighted by atomic mass is 79.9. The first kappa shape index (κ1) is 16.5. The Bertz CT molecular complexity index is 1170. The summed E-state index contributed by atoms with van der Waals surface area (Å²) >= 11 is 3.63. The highest BCUT2D eigenvalue weighted by Gasteiger charge is 2.44. The molecule has 28 heavy (non-hydrogen) atoms. The van der Waals surface area contributed by atoms with Crippen LogP contribution < -0.4 is 5.32 Å². The van der Waals surface area contributed by atoms with Crippen LogP contribution in [0, 0.1) is 0 Å². The van der Waals surface area contributed by atoms with Crippen molar-refractivity contribution in [3.8, 4) is 0 Å². The molecule has 4 aromatic rings. The molecule has 1 aromatic carbocycles. The molecule has 3 heterocycles. The van der Waals surface area contributed by atoms with Gasteiger partial charge in [-0.25, -0.2) is 9.97 Å². The summed E-state index contributed by atoms with van der Waals surface area (Å²) in [5, 5.41) is 8.21. The van der Waals surface area contributed by atoms with Gasteiger partial charge in [0.05, 0.1) is 33.9 Å². The Kier molecular flexibility index (Phi) is 3.57. The van der Waals surface area contributed by atoms with Gasteiger partial charge in [0.25, 0.3) is 0 Å². The van der Waals surface area contributed by atoms with Crippen LogP contribution in [-0.2, 0) is 18.4 Å². The van der Waals surface area contributed by atoms with Crippen LogP contribution in [0.25, 0.3) is 16.7 Å². The molecule has 142 valence electrons. The van der Waals surface area contributed by atoms with Crippen LogP contribution >= 0.6 is 15.9 Å². The lowest BCUT2D eigenvalue weighted by atomic mass is 9.83. The fraction of sp³-hybridized carbons (Fsp3) is 0.381. The van der Waals surface area contributed by atoms with Crippen LogP contribution in [0.15, 0.2) is 34.9 Å². The summed E-state index contributed by atoms with van der Waals surface area (Å²) in [7, 11) is 0. The van der Waals surface area contributed by atoms with Gasteiger partial charge in [-0.2, -0.15) is 9.61 Å². The van der Waals surface area contributed by atoms with E-state index >= 15 is 0 Å². The van der Waals surface area contributed by atoms with E-state index < -0.39 is 0 Å². The average Bonchev–Trinajstić information content (AvgIpc) is 3.48. The van der Waals surface area contributed by atoms with Gasteiger partial charge < -0.3 is 10.3 Å². The van der Waals surface area contributed by atoms with Crippen LogP contribution in [0.5, 0.6) is 0 Å². The highest BCUT2D eigenvalue weighted by Crippen LogP contribution is 2.51. The van der Waals surface area contributed by atoms with E-state index in [1.165, 1.54) is 43.4 Å². The maximum atomic E-state index is 5.09. The zero-order valence-electron chi connectivity index (χ0n) is 15.5. The van der Waals surface area contributed by atoms with Crippen molar-refractivity contribution in [2.45, 2.75) is 50.5 Å². The summed E-state index contributed by atoms with van der Waals surface area (Å²) < 4.78 is 2.89. The molecule has 0 amide bonds.